The molecule has 0 saturated heterocycles. The minimum Gasteiger partial charge on any atom is -0.493 e. The lowest BCUT2D eigenvalue weighted by Gasteiger charge is -2.37. The van der Waals surface area contributed by atoms with Crippen LogP contribution in [0.5, 0.6) is 11.5 Å². The van der Waals surface area contributed by atoms with E-state index in [4.69, 9.17) is 13.9 Å². The zero-order valence-electron chi connectivity index (χ0n) is 24.4. The number of amides is 2. The summed E-state index contributed by atoms with van der Waals surface area (Å²) in [7, 11) is 3.22. The van der Waals surface area contributed by atoms with Gasteiger partial charge in [0.15, 0.2) is 11.5 Å². The first-order valence-electron chi connectivity index (χ1n) is 14.0. The SMILES string of the molecule is CCCCCCCCCC(=O)N(CC(=O)N(CCc1ccc(OC)c(OC)c1)Cc1ccco1)C(C)(C)C. The summed E-state index contributed by atoms with van der Waals surface area (Å²) in [6, 6.07) is 9.46. The Morgan fingerprint density at radius 3 is 2.18 bits per heavy atom. The predicted molar refractivity (Wildman–Crippen MR) is 151 cm³/mol. The molecule has 0 fully saturated rings. The average Bonchev–Trinajstić information content (AvgIpc) is 3.41. The molecule has 1 heterocycles. The van der Waals surface area contributed by atoms with Crippen LogP contribution in [0.1, 0.15) is 90.4 Å². The van der Waals surface area contributed by atoms with Crippen molar-refractivity contribution in [1.29, 1.82) is 0 Å². The summed E-state index contributed by atoms with van der Waals surface area (Å²) in [6.45, 7) is 9.07. The van der Waals surface area contributed by atoms with Gasteiger partial charge in [-0.05, 0) is 63.4 Å². The van der Waals surface area contributed by atoms with Gasteiger partial charge in [-0.15, -0.1) is 0 Å². The molecule has 2 amide bonds. The molecule has 0 aliphatic heterocycles. The van der Waals surface area contributed by atoms with Crippen LogP contribution in [0, 0.1) is 0 Å². The fourth-order valence-electron chi connectivity index (χ4n) is 4.49. The maximum atomic E-state index is 13.6. The van der Waals surface area contributed by atoms with E-state index in [1.807, 2.05) is 51.1 Å². The number of ether oxygens (including phenoxy) is 2. The Kier molecular flexibility index (Phi) is 13.2. The quantitative estimate of drug-likeness (QED) is 0.215. The number of carbonyl (C=O) groups excluding carboxylic acids is 2. The monoisotopic (exact) mass is 528 g/mol. The lowest BCUT2D eigenvalue weighted by Crippen LogP contribution is -2.51. The first-order chi connectivity index (χ1) is 18.2. The Morgan fingerprint density at radius 2 is 1.58 bits per heavy atom. The van der Waals surface area contributed by atoms with Crippen LogP contribution in [-0.4, -0.2) is 54.5 Å². The summed E-state index contributed by atoms with van der Waals surface area (Å²) >= 11 is 0. The molecule has 0 N–H and O–H groups in total. The van der Waals surface area contributed by atoms with Gasteiger partial charge in [-0.1, -0.05) is 51.5 Å². The molecule has 0 aliphatic rings. The summed E-state index contributed by atoms with van der Waals surface area (Å²) in [6.07, 6.45) is 10.8. The van der Waals surface area contributed by atoms with Crippen molar-refractivity contribution in [3.63, 3.8) is 0 Å². The number of methoxy groups -OCH3 is 2. The Hall–Kier alpha value is -2.96. The van der Waals surface area contributed by atoms with E-state index in [-0.39, 0.29) is 18.4 Å². The van der Waals surface area contributed by atoms with E-state index >= 15 is 0 Å². The van der Waals surface area contributed by atoms with Crippen molar-refractivity contribution in [1.82, 2.24) is 9.80 Å². The molecule has 7 nitrogen and oxygen atoms in total. The summed E-state index contributed by atoms with van der Waals surface area (Å²) in [5, 5.41) is 0. The highest BCUT2D eigenvalue weighted by molar-refractivity contribution is 5.85. The molecule has 0 radical (unpaired) electrons. The molecule has 0 saturated carbocycles. The van der Waals surface area contributed by atoms with Gasteiger partial charge in [0.05, 0.1) is 27.0 Å². The van der Waals surface area contributed by atoms with Crippen molar-refractivity contribution < 1.29 is 23.5 Å². The van der Waals surface area contributed by atoms with E-state index in [0.717, 1.165) is 24.8 Å². The maximum Gasteiger partial charge on any atom is 0.242 e. The lowest BCUT2D eigenvalue weighted by atomic mass is 10.0. The highest BCUT2D eigenvalue weighted by Crippen LogP contribution is 2.28. The number of hydrogen-bond donors (Lipinski definition) is 0. The second-order valence-electron chi connectivity index (χ2n) is 10.9. The van der Waals surface area contributed by atoms with Gasteiger partial charge >= 0.3 is 0 Å². The fraction of sp³-hybridized carbons (Fsp3) is 0.613. The largest absolute Gasteiger partial charge is 0.493 e. The van der Waals surface area contributed by atoms with Crippen LogP contribution in [0.25, 0.3) is 0 Å². The first kappa shape index (κ1) is 31.3. The number of unbranched alkanes of at least 4 members (excludes halogenated alkanes) is 6. The maximum absolute atomic E-state index is 13.6. The van der Waals surface area contributed by atoms with Gasteiger partial charge in [-0.2, -0.15) is 0 Å². The number of nitrogens with zero attached hydrogens (tertiary/aromatic N) is 2. The van der Waals surface area contributed by atoms with E-state index in [0.29, 0.717) is 43.2 Å². The molecule has 212 valence electrons. The molecule has 0 spiro atoms. The van der Waals surface area contributed by atoms with Crippen molar-refractivity contribution in [2.75, 3.05) is 27.3 Å². The molecule has 2 rings (SSSR count). The third kappa shape index (κ3) is 10.4. The Morgan fingerprint density at radius 1 is 0.895 bits per heavy atom. The molecule has 38 heavy (non-hydrogen) atoms. The second-order valence-corrected chi connectivity index (χ2v) is 10.9. The average molecular weight is 529 g/mol. The van der Waals surface area contributed by atoms with E-state index in [9.17, 15) is 9.59 Å². The molecule has 2 aromatic rings. The summed E-state index contributed by atoms with van der Waals surface area (Å²) in [5.41, 5.74) is 0.579. The van der Waals surface area contributed by atoms with Crippen LogP contribution < -0.4 is 9.47 Å². The van der Waals surface area contributed by atoms with Crippen molar-refractivity contribution in [2.45, 2.75) is 97.6 Å². The van der Waals surface area contributed by atoms with Gasteiger partial charge in [0.1, 0.15) is 12.3 Å². The van der Waals surface area contributed by atoms with Gasteiger partial charge in [-0.3, -0.25) is 9.59 Å². The van der Waals surface area contributed by atoms with Gasteiger partial charge < -0.3 is 23.7 Å². The van der Waals surface area contributed by atoms with Crippen LogP contribution in [0.2, 0.25) is 0 Å². The minimum atomic E-state index is -0.451. The minimum absolute atomic E-state index is 0.0391. The Balaban J connectivity index is 2.05. The van der Waals surface area contributed by atoms with Crippen LogP contribution in [0.4, 0.5) is 0 Å². The van der Waals surface area contributed by atoms with E-state index in [1.54, 1.807) is 30.3 Å². The number of benzene rings is 1. The van der Waals surface area contributed by atoms with Crippen LogP contribution >= 0.6 is 0 Å². The molecule has 1 aromatic carbocycles. The molecule has 0 atom stereocenters. The number of hydrogen-bond acceptors (Lipinski definition) is 5. The third-order valence-corrected chi connectivity index (χ3v) is 6.80. The smallest absolute Gasteiger partial charge is 0.242 e. The standard InChI is InChI=1S/C31H48N2O5/c1-7-8-9-10-11-12-13-16-29(34)33(31(2,3)4)24-30(35)32(23-26-15-14-21-38-26)20-19-25-17-18-27(36-5)28(22-25)37-6/h14-15,17-18,21-22H,7-13,16,19-20,23-24H2,1-6H3. The van der Waals surface area contributed by atoms with E-state index in [2.05, 4.69) is 6.92 Å². The summed E-state index contributed by atoms with van der Waals surface area (Å²) in [4.78, 5) is 30.3. The summed E-state index contributed by atoms with van der Waals surface area (Å²) in [5.74, 6) is 1.98. The van der Waals surface area contributed by atoms with Crippen LogP contribution in [-0.2, 0) is 22.6 Å². The normalized spacial score (nSPS) is 11.3. The zero-order chi connectivity index (χ0) is 28.0. The third-order valence-electron chi connectivity index (χ3n) is 6.80. The molecule has 0 unspecified atom stereocenters. The molecule has 7 heteroatoms. The topological polar surface area (TPSA) is 72.2 Å². The molecule has 0 aliphatic carbocycles. The molecular weight excluding hydrogens is 480 g/mol. The lowest BCUT2D eigenvalue weighted by molar-refractivity contribution is -0.145. The molecule has 1 aromatic heterocycles. The predicted octanol–water partition coefficient (Wildman–Crippen LogP) is 6.64. The van der Waals surface area contributed by atoms with Crippen molar-refractivity contribution >= 4 is 11.8 Å². The van der Waals surface area contributed by atoms with Crippen molar-refractivity contribution in [3.8, 4) is 11.5 Å². The molecular formula is C31H48N2O5. The van der Waals surface area contributed by atoms with Gasteiger partial charge in [0.2, 0.25) is 11.8 Å². The van der Waals surface area contributed by atoms with Crippen LogP contribution in [0.3, 0.4) is 0 Å². The van der Waals surface area contributed by atoms with Crippen molar-refractivity contribution in [2.24, 2.45) is 0 Å². The highest BCUT2D eigenvalue weighted by Gasteiger charge is 2.30. The van der Waals surface area contributed by atoms with E-state index < -0.39 is 5.54 Å². The van der Waals surface area contributed by atoms with Crippen molar-refractivity contribution in [3.05, 3.63) is 47.9 Å². The Bertz CT molecular complexity index is 965. The van der Waals surface area contributed by atoms with E-state index in [1.165, 1.54) is 25.7 Å². The zero-order valence-corrected chi connectivity index (χ0v) is 24.4. The van der Waals surface area contributed by atoms with Crippen LogP contribution in [0.15, 0.2) is 41.0 Å². The van der Waals surface area contributed by atoms with Gasteiger partial charge in [-0.25, -0.2) is 0 Å². The van der Waals surface area contributed by atoms with Gasteiger partial charge in [0, 0.05) is 18.5 Å². The number of furan rings is 1. The molecule has 0 bridgehead atoms. The number of rotatable bonds is 17. The fourth-order valence-corrected chi connectivity index (χ4v) is 4.49. The Labute approximate surface area is 229 Å². The van der Waals surface area contributed by atoms with Gasteiger partial charge in [0.25, 0.3) is 0 Å². The first-order valence-corrected chi connectivity index (χ1v) is 14.0. The number of carbonyl (C=O) groups is 2. The highest BCUT2D eigenvalue weighted by atomic mass is 16.5. The summed E-state index contributed by atoms with van der Waals surface area (Å²) < 4.78 is 16.3. The second kappa shape index (κ2) is 16.1.